The minimum absolute atomic E-state index is 0.0404. The molecule has 8 heteroatoms. The number of ether oxygens (including phenoxy) is 3. The molecule has 0 amide bonds. The first-order valence-corrected chi connectivity index (χ1v) is 12.6. The van der Waals surface area contributed by atoms with Gasteiger partial charge >= 0.3 is 0 Å². The number of nitrogens with one attached hydrogen (secondary N) is 1. The predicted octanol–water partition coefficient (Wildman–Crippen LogP) is 5.25. The number of nitrogens with zero attached hydrogens (tertiary/aromatic N) is 2. The van der Waals surface area contributed by atoms with Gasteiger partial charge in [0.25, 0.3) is 5.56 Å². The molecule has 1 aromatic heterocycles. The van der Waals surface area contributed by atoms with E-state index in [1.165, 1.54) is 0 Å². The smallest absolute Gasteiger partial charge is 0.271 e. The van der Waals surface area contributed by atoms with Gasteiger partial charge in [0.1, 0.15) is 23.5 Å². The molecule has 2 aliphatic rings. The van der Waals surface area contributed by atoms with Crippen molar-refractivity contribution in [2.24, 2.45) is 0 Å². The molecule has 7 nitrogen and oxygen atoms in total. The summed E-state index contributed by atoms with van der Waals surface area (Å²) >= 11 is 6.58. The number of para-hydroxylation sites is 1. The van der Waals surface area contributed by atoms with E-state index in [9.17, 15) is 10.1 Å². The second-order valence-corrected chi connectivity index (χ2v) is 9.59. The van der Waals surface area contributed by atoms with Gasteiger partial charge in [-0.05, 0) is 36.2 Å². The zero-order valence-electron chi connectivity index (χ0n) is 19.9. The maximum atomic E-state index is 13.5. The topological polar surface area (TPSA) is 85.5 Å². The van der Waals surface area contributed by atoms with Gasteiger partial charge < -0.3 is 24.1 Å². The Morgan fingerprint density at radius 2 is 1.89 bits per heavy atom. The zero-order chi connectivity index (χ0) is 25.4. The lowest BCUT2D eigenvalue weighted by Gasteiger charge is -2.20. The number of fused-ring (bicyclic) bond motifs is 2. The van der Waals surface area contributed by atoms with Crippen molar-refractivity contribution in [3.8, 4) is 11.8 Å². The largest absolute Gasteiger partial charge is 0.484 e. The van der Waals surface area contributed by atoms with E-state index in [4.69, 9.17) is 25.8 Å². The van der Waals surface area contributed by atoms with Crippen molar-refractivity contribution in [3.05, 3.63) is 99.3 Å². The highest BCUT2D eigenvalue weighted by Crippen LogP contribution is 2.35. The van der Waals surface area contributed by atoms with E-state index >= 15 is 0 Å². The summed E-state index contributed by atoms with van der Waals surface area (Å²) in [6.07, 6.45) is 0.655. The molecule has 0 aliphatic carbocycles. The average Bonchev–Trinajstić information content (AvgIpc) is 3.54. The summed E-state index contributed by atoms with van der Waals surface area (Å²) in [7, 11) is 0. The van der Waals surface area contributed by atoms with Crippen LogP contribution < -0.4 is 15.6 Å². The molecule has 0 bridgehead atoms. The molecule has 3 heterocycles. The van der Waals surface area contributed by atoms with Crippen molar-refractivity contribution >= 4 is 33.9 Å². The fourth-order valence-corrected chi connectivity index (χ4v) is 5.30. The number of anilines is 2. The van der Waals surface area contributed by atoms with Gasteiger partial charge in [0.2, 0.25) is 0 Å². The van der Waals surface area contributed by atoms with E-state index in [1.807, 2.05) is 60.7 Å². The molecule has 2 saturated heterocycles. The molecule has 1 N–H and O–H groups in total. The third kappa shape index (κ3) is 4.44. The third-order valence-electron chi connectivity index (χ3n) is 6.87. The molecular weight excluding hydrogens is 490 g/mol. The van der Waals surface area contributed by atoms with Crippen LogP contribution in [0.3, 0.4) is 0 Å². The van der Waals surface area contributed by atoms with Gasteiger partial charge in [-0.1, -0.05) is 60.1 Å². The van der Waals surface area contributed by atoms with E-state index < -0.39 is 0 Å². The summed E-state index contributed by atoms with van der Waals surface area (Å²) in [5.74, 6) is 0.528. The van der Waals surface area contributed by atoms with Crippen LogP contribution in [0.4, 0.5) is 11.4 Å². The Labute approximate surface area is 218 Å². The van der Waals surface area contributed by atoms with Gasteiger partial charge in [0, 0.05) is 17.7 Å². The van der Waals surface area contributed by atoms with Crippen molar-refractivity contribution in [2.45, 2.75) is 31.3 Å². The maximum Gasteiger partial charge on any atom is 0.271 e. The van der Waals surface area contributed by atoms with Crippen LogP contribution in [0.25, 0.3) is 10.9 Å². The lowest BCUT2D eigenvalue weighted by Crippen LogP contribution is -2.32. The molecule has 4 aromatic rings. The standard InChI is InChI=1S/C29H24ClN3O4/c30-22-14-19(10-11-24(22)37-26-17-36-25-12-13-35-28(25)26)32-27-20-8-4-5-9-23(20)33(29(34)21(27)15-31)16-18-6-2-1-3-7-18/h1-11,14,25-26,28,32H,12-13,16-17H2/t25-,26+,28+/m1/s1. The fraction of sp³-hybridized carbons (Fsp3) is 0.241. The Balaban J connectivity index is 1.33. The van der Waals surface area contributed by atoms with Gasteiger partial charge in [-0.25, -0.2) is 0 Å². The molecule has 37 heavy (non-hydrogen) atoms. The summed E-state index contributed by atoms with van der Waals surface area (Å²) < 4.78 is 19.3. The SMILES string of the molecule is N#Cc1c(Nc2ccc(O[C@H]3CO[C@@H]4CCO[C@H]34)c(Cl)c2)c2ccccc2n(Cc2ccccc2)c1=O. The van der Waals surface area contributed by atoms with Crippen molar-refractivity contribution in [2.75, 3.05) is 18.5 Å². The number of hydrogen-bond acceptors (Lipinski definition) is 6. The molecule has 0 spiro atoms. The maximum absolute atomic E-state index is 13.5. The fourth-order valence-electron chi connectivity index (χ4n) is 5.08. The van der Waals surface area contributed by atoms with Crippen molar-refractivity contribution in [3.63, 3.8) is 0 Å². The van der Waals surface area contributed by atoms with Gasteiger partial charge in [0.15, 0.2) is 6.10 Å². The second kappa shape index (κ2) is 9.91. The lowest BCUT2D eigenvalue weighted by molar-refractivity contribution is 0.0309. The first kappa shape index (κ1) is 23.6. The van der Waals surface area contributed by atoms with E-state index in [-0.39, 0.29) is 29.4 Å². The van der Waals surface area contributed by atoms with E-state index in [1.54, 1.807) is 16.7 Å². The normalized spacial score (nSPS) is 20.5. The first-order valence-electron chi connectivity index (χ1n) is 12.2. The van der Waals surface area contributed by atoms with Crippen LogP contribution in [0.2, 0.25) is 5.02 Å². The highest BCUT2D eigenvalue weighted by molar-refractivity contribution is 6.32. The molecule has 3 aromatic carbocycles. The van der Waals surface area contributed by atoms with Gasteiger partial charge in [-0.3, -0.25) is 4.79 Å². The van der Waals surface area contributed by atoms with Crippen LogP contribution in [0.1, 0.15) is 17.5 Å². The number of halogens is 1. The molecule has 0 radical (unpaired) electrons. The molecule has 2 fully saturated rings. The predicted molar refractivity (Wildman–Crippen MR) is 142 cm³/mol. The van der Waals surface area contributed by atoms with Crippen LogP contribution in [0, 0.1) is 11.3 Å². The van der Waals surface area contributed by atoms with Gasteiger partial charge in [-0.2, -0.15) is 5.26 Å². The minimum Gasteiger partial charge on any atom is -0.484 e. The molecule has 3 atom stereocenters. The Morgan fingerprint density at radius 3 is 2.70 bits per heavy atom. The van der Waals surface area contributed by atoms with Crippen molar-refractivity contribution in [1.29, 1.82) is 5.26 Å². The summed E-state index contributed by atoms with van der Waals surface area (Å²) in [6.45, 7) is 1.50. The van der Waals surface area contributed by atoms with E-state index in [0.29, 0.717) is 41.9 Å². The monoisotopic (exact) mass is 513 g/mol. The van der Waals surface area contributed by atoms with Crippen molar-refractivity contribution in [1.82, 2.24) is 4.57 Å². The summed E-state index contributed by atoms with van der Waals surface area (Å²) in [5, 5.41) is 14.4. The Morgan fingerprint density at radius 1 is 1.08 bits per heavy atom. The third-order valence-corrected chi connectivity index (χ3v) is 7.16. The zero-order valence-corrected chi connectivity index (χ0v) is 20.6. The van der Waals surface area contributed by atoms with Gasteiger partial charge in [-0.15, -0.1) is 0 Å². The second-order valence-electron chi connectivity index (χ2n) is 9.18. The number of nitriles is 1. The number of aromatic nitrogens is 1. The Bertz CT molecular complexity index is 1560. The first-order chi connectivity index (χ1) is 18.1. The molecule has 0 unspecified atom stereocenters. The minimum atomic E-state index is -0.356. The quantitative estimate of drug-likeness (QED) is 0.379. The van der Waals surface area contributed by atoms with E-state index in [2.05, 4.69) is 11.4 Å². The number of rotatable bonds is 6. The van der Waals surface area contributed by atoms with Crippen LogP contribution >= 0.6 is 11.6 Å². The molecule has 0 saturated carbocycles. The summed E-state index contributed by atoms with van der Waals surface area (Å²) in [6, 6.07) is 24.7. The van der Waals surface area contributed by atoms with Crippen molar-refractivity contribution < 1.29 is 14.2 Å². The van der Waals surface area contributed by atoms with Crippen LogP contribution in [0.15, 0.2) is 77.6 Å². The number of hydrogen-bond donors (Lipinski definition) is 1. The van der Waals surface area contributed by atoms with Gasteiger partial charge in [0.05, 0.1) is 35.5 Å². The molecule has 2 aliphatic heterocycles. The highest BCUT2D eigenvalue weighted by atomic mass is 35.5. The molecule has 6 rings (SSSR count). The van der Waals surface area contributed by atoms with Crippen LogP contribution in [0.5, 0.6) is 5.75 Å². The summed E-state index contributed by atoms with van der Waals surface area (Å²) in [5.41, 5.74) is 2.48. The highest BCUT2D eigenvalue weighted by Gasteiger charge is 2.43. The molecule has 186 valence electrons. The molecular formula is C29H24ClN3O4. The number of pyridine rings is 1. The average molecular weight is 514 g/mol. The van der Waals surface area contributed by atoms with Crippen LogP contribution in [-0.2, 0) is 16.0 Å². The van der Waals surface area contributed by atoms with E-state index in [0.717, 1.165) is 22.9 Å². The lowest BCUT2D eigenvalue weighted by atomic mass is 10.1. The number of benzene rings is 3. The Kier molecular flexibility index (Phi) is 6.31. The van der Waals surface area contributed by atoms with Crippen LogP contribution in [-0.4, -0.2) is 36.1 Å². The Hall–Kier alpha value is -3.83. The summed E-state index contributed by atoms with van der Waals surface area (Å²) in [4.78, 5) is 13.5.